The van der Waals surface area contributed by atoms with Crippen LogP contribution in [0.1, 0.15) is 59.2 Å². The Balaban J connectivity index is 0.000000245. The van der Waals surface area contributed by atoms with E-state index in [1.165, 1.54) is 26.4 Å². The maximum absolute atomic E-state index is 14.6. The Hall–Kier alpha value is -5.11. The van der Waals surface area contributed by atoms with E-state index >= 15 is 0 Å². The SMILES string of the molecule is COc1cc(C(=O)NS(C)(=O)=O)c(F)cc1-c1cnc(F)c(Cl)c1.COc1cc(C(=O)NS(C)(=O)=O)c(F)cc1-c1cnc(OC2(C(F)(F)F)CCC2)c(Cl)c1.OC1(C(F)(F)F)CCC1. The number of hydrogen-bond donors (Lipinski definition) is 3. The number of carbonyl (C=O) groups is 2. The Kier molecular flexibility index (Phi) is 16.0. The van der Waals surface area contributed by atoms with Crippen molar-refractivity contribution in [3.8, 4) is 39.6 Å². The molecule has 2 heterocycles. The van der Waals surface area contributed by atoms with Gasteiger partial charge in [-0.3, -0.25) is 9.59 Å². The number of nitrogens with zero attached hydrogens (tertiary/aromatic N) is 2. The van der Waals surface area contributed by atoms with Crippen LogP contribution >= 0.6 is 23.2 Å². The van der Waals surface area contributed by atoms with Crippen LogP contribution in [0, 0.1) is 17.6 Å². The van der Waals surface area contributed by atoms with Crippen molar-refractivity contribution in [3.05, 3.63) is 87.5 Å². The minimum absolute atomic E-state index is 0.0256. The zero-order valence-electron chi connectivity index (χ0n) is 33.9. The van der Waals surface area contributed by atoms with Crippen LogP contribution in [0.3, 0.4) is 0 Å². The van der Waals surface area contributed by atoms with Gasteiger partial charge in [0.2, 0.25) is 37.5 Å². The molecule has 356 valence electrons. The molecular weight excluding hydrogens is 978 g/mol. The molecule has 3 N–H and O–H groups in total. The van der Waals surface area contributed by atoms with Gasteiger partial charge in [0.05, 0.1) is 42.9 Å². The van der Waals surface area contributed by atoms with Crippen molar-refractivity contribution in [1.82, 2.24) is 19.4 Å². The monoisotopic (exact) mass is 1010 g/mol. The zero-order valence-corrected chi connectivity index (χ0v) is 37.0. The molecule has 2 aromatic heterocycles. The standard InChI is InChI=1S/C19H17ClF4N2O5S.C14H11ClF2N2O4S.C5H7F3O/c1-30-15-8-12(16(27)26-32(2,28)29)14(21)7-11(15)10-6-13(20)17(25-9-10)31-18(4-3-5-18)19(22,23)24;1-23-12-5-9(14(20)19-24(2,21)22)11(16)4-8(12)7-3-10(15)13(17)18-6-7;6-5(7,8)4(9)2-1-3-4/h6-9H,3-5H2,1-2H3,(H,26,27);3-6H,1-2H3,(H,19,20);9H,1-3H2. The van der Waals surface area contributed by atoms with Crippen molar-refractivity contribution in [3.63, 3.8) is 0 Å². The first-order valence-corrected chi connectivity index (χ1v) is 22.7. The quantitative estimate of drug-likeness (QED) is 0.103. The van der Waals surface area contributed by atoms with Crippen molar-refractivity contribution >= 4 is 55.1 Å². The first-order chi connectivity index (χ1) is 29.8. The number of sulfonamides is 2. The van der Waals surface area contributed by atoms with Crippen molar-refractivity contribution < 1.29 is 85.3 Å². The lowest BCUT2D eigenvalue weighted by molar-refractivity contribution is -0.286. The van der Waals surface area contributed by atoms with Crippen LogP contribution in [-0.2, 0) is 20.0 Å². The summed E-state index contributed by atoms with van der Waals surface area (Å²) in [6, 6.07) is 6.30. The number of methoxy groups -OCH3 is 2. The van der Waals surface area contributed by atoms with Crippen LogP contribution in [0.25, 0.3) is 22.3 Å². The number of aromatic nitrogens is 2. The molecule has 2 fully saturated rings. The molecule has 6 rings (SSSR count). The predicted octanol–water partition coefficient (Wildman–Crippen LogP) is 7.94. The summed E-state index contributed by atoms with van der Waals surface area (Å²) in [6.45, 7) is 0. The Labute approximate surface area is 374 Å². The molecule has 0 bridgehead atoms. The summed E-state index contributed by atoms with van der Waals surface area (Å²) in [4.78, 5) is 31.1. The number of alkyl halides is 6. The molecule has 2 aliphatic carbocycles. The van der Waals surface area contributed by atoms with Gasteiger partial charge in [0.25, 0.3) is 11.8 Å². The summed E-state index contributed by atoms with van der Waals surface area (Å²) >= 11 is 11.7. The molecule has 14 nitrogen and oxygen atoms in total. The molecule has 0 aliphatic heterocycles. The van der Waals surface area contributed by atoms with E-state index in [9.17, 15) is 65.9 Å². The number of carbonyl (C=O) groups excluding carboxylic acids is 2. The summed E-state index contributed by atoms with van der Waals surface area (Å²) in [7, 11) is -5.29. The maximum atomic E-state index is 14.6. The van der Waals surface area contributed by atoms with Gasteiger partial charge in [0.1, 0.15) is 28.2 Å². The van der Waals surface area contributed by atoms with Gasteiger partial charge in [0.15, 0.2) is 5.60 Å². The summed E-state index contributed by atoms with van der Waals surface area (Å²) < 4.78 is 180. The van der Waals surface area contributed by atoms with Gasteiger partial charge in [-0.2, -0.15) is 30.7 Å². The molecule has 0 radical (unpaired) electrons. The van der Waals surface area contributed by atoms with Crippen LogP contribution in [-0.4, -0.2) is 94.0 Å². The lowest BCUT2D eigenvalue weighted by Crippen LogP contribution is -2.55. The highest BCUT2D eigenvalue weighted by Gasteiger charge is 2.61. The second-order valence-corrected chi connectivity index (χ2v) is 18.6. The fourth-order valence-electron chi connectivity index (χ4n) is 5.83. The van der Waals surface area contributed by atoms with Crippen LogP contribution in [0.2, 0.25) is 10.0 Å². The maximum Gasteiger partial charge on any atom is 0.428 e. The second kappa shape index (κ2) is 19.8. The molecule has 65 heavy (non-hydrogen) atoms. The number of rotatable bonds is 10. The van der Waals surface area contributed by atoms with E-state index in [4.69, 9.17) is 42.5 Å². The molecule has 2 aliphatic rings. The summed E-state index contributed by atoms with van der Waals surface area (Å²) in [6.07, 6.45) is -5.12. The van der Waals surface area contributed by atoms with Gasteiger partial charge >= 0.3 is 12.4 Å². The Morgan fingerprint density at radius 3 is 1.38 bits per heavy atom. The van der Waals surface area contributed by atoms with Gasteiger partial charge in [-0.15, -0.1) is 0 Å². The predicted molar refractivity (Wildman–Crippen MR) is 215 cm³/mol. The number of nitrogens with one attached hydrogen (secondary N) is 2. The summed E-state index contributed by atoms with van der Waals surface area (Å²) in [5.41, 5.74) is -5.13. The molecule has 2 aromatic carbocycles. The van der Waals surface area contributed by atoms with Gasteiger partial charge in [-0.25, -0.2) is 45.0 Å². The third-order valence-corrected chi connectivity index (χ3v) is 11.2. The average Bonchev–Trinajstić information content (AvgIpc) is 3.14. The van der Waals surface area contributed by atoms with E-state index < -0.39 is 90.0 Å². The lowest BCUT2D eigenvalue weighted by Gasteiger charge is -2.42. The number of aliphatic hydroxyl groups is 1. The highest BCUT2D eigenvalue weighted by molar-refractivity contribution is 7.89. The summed E-state index contributed by atoms with van der Waals surface area (Å²) in [5, 5.41) is 8.12. The Morgan fingerprint density at radius 2 is 1.09 bits per heavy atom. The highest BCUT2D eigenvalue weighted by Crippen LogP contribution is 2.49. The molecule has 0 atom stereocenters. The second-order valence-electron chi connectivity index (χ2n) is 14.3. The number of hydrogen-bond acceptors (Lipinski definition) is 12. The van der Waals surface area contributed by atoms with Crippen LogP contribution in [0.5, 0.6) is 17.4 Å². The fourth-order valence-corrected chi connectivity index (χ4v) is 7.09. The minimum atomic E-state index is -4.59. The first kappa shape index (κ1) is 52.5. The molecule has 0 spiro atoms. The smallest absolute Gasteiger partial charge is 0.428 e. The number of halogens is 11. The van der Waals surface area contributed by atoms with Crippen LogP contribution in [0.4, 0.5) is 39.5 Å². The van der Waals surface area contributed by atoms with E-state index in [2.05, 4.69) is 9.97 Å². The van der Waals surface area contributed by atoms with E-state index in [-0.39, 0.29) is 69.5 Å². The van der Waals surface area contributed by atoms with E-state index in [0.29, 0.717) is 12.8 Å². The van der Waals surface area contributed by atoms with Gasteiger partial charge < -0.3 is 19.3 Å². The third kappa shape index (κ3) is 12.8. The summed E-state index contributed by atoms with van der Waals surface area (Å²) in [5.74, 6) is -5.68. The number of amides is 2. The van der Waals surface area contributed by atoms with Crippen molar-refractivity contribution in [2.45, 2.75) is 62.1 Å². The molecule has 2 saturated carbocycles. The van der Waals surface area contributed by atoms with Crippen LogP contribution < -0.4 is 23.7 Å². The van der Waals surface area contributed by atoms with E-state index in [1.54, 1.807) is 9.44 Å². The first-order valence-electron chi connectivity index (χ1n) is 18.2. The molecule has 2 amide bonds. The van der Waals surface area contributed by atoms with Crippen molar-refractivity contribution in [2.24, 2.45) is 0 Å². The minimum Gasteiger partial charge on any atom is -0.496 e. The van der Waals surface area contributed by atoms with Gasteiger partial charge in [0, 0.05) is 34.6 Å². The van der Waals surface area contributed by atoms with Gasteiger partial charge in [-0.05, 0) is 74.9 Å². The Bertz CT molecular complexity index is 2690. The molecule has 0 saturated heterocycles. The lowest BCUT2D eigenvalue weighted by atomic mass is 9.79. The normalized spacial score (nSPS) is 15.3. The van der Waals surface area contributed by atoms with Crippen molar-refractivity contribution in [2.75, 3.05) is 26.7 Å². The topological polar surface area (TPSA) is 200 Å². The number of ether oxygens (including phenoxy) is 3. The zero-order chi connectivity index (χ0) is 49.1. The van der Waals surface area contributed by atoms with E-state index in [0.717, 1.165) is 49.2 Å². The molecular formula is C38H35Cl2F9N4O10S2. The molecule has 0 unspecified atom stereocenters. The fraction of sp³-hybridized carbons (Fsp3) is 0.368. The molecule has 27 heteroatoms. The third-order valence-electron chi connectivity index (χ3n) is 9.53. The van der Waals surface area contributed by atoms with Crippen LogP contribution in [0.15, 0.2) is 48.8 Å². The number of pyridine rings is 2. The van der Waals surface area contributed by atoms with Crippen molar-refractivity contribution in [1.29, 1.82) is 0 Å². The van der Waals surface area contributed by atoms with E-state index in [1.807, 2.05) is 0 Å². The Morgan fingerprint density at radius 1 is 0.677 bits per heavy atom. The molecule has 4 aromatic rings. The number of benzene rings is 2. The average molecular weight is 1010 g/mol. The largest absolute Gasteiger partial charge is 0.496 e. The highest BCUT2D eigenvalue weighted by atomic mass is 35.5. The van der Waals surface area contributed by atoms with Gasteiger partial charge in [-0.1, -0.05) is 23.2 Å².